The Bertz CT molecular complexity index is 113. The predicted octanol–water partition coefficient (Wildman–Crippen LogP) is -0.662. The first-order chi connectivity index (χ1) is 4.91. The summed E-state index contributed by atoms with van der Waals surface area (Å²) in [6.07, 6.45) is 1.15. The minimum atomic E-state index is 0.302. The molecule has 2 heterocycles. The molecule has 1 spiro atoms. The fourth-order valence-corrected chi connectivity index (χ4v) is 1.50. The molecule has 0 unspecified atom stereocenters. The van der Waals surface area contributed by atoms with Crippen molar-refractivity contribution in [2.75, 3.05) is 32.8 Å². The number of hydrogen-bond acceptors (Lipinski definition) is 3. The highest BCUT2D eigenvalue weighted by Crippen LogP contribution is 2.13. The molecule has 2 saturated heterocycles. The molecule has 2 fully saturated rings. The number of nitrogens with one attached hydrogen (secondary N) is 2. The Kier molecular flexibility index (Phi) is 1.64. The van der Waals surface area contributed by atoms with Crippen molar-refractivity contribution in [1.29, 1.82) is 0 Å². The third-order valence-corrected chi connectivity index (χ3v) is 2.27. The van der Waals surface area contributed by atoms with Crippen molar-refractivity contribution in [3.63, 3.8) is 0 Å². The fourth-order valence-electron chi connectivity index (χ4n) is 1.50. The monoisotopic (exact) mass is 142 g/mol. The second-order valence-corrected chi connectivity index (χ2v) is 3.22. The van der Waals surface area contributed by atoms with E-state index in [2.05, 4.69) is 10.6 Å². The molecule has 58 valence electrons. The summed E-state index contributed by atoms with van der Waals surface area (Å²) in [4.78, 5) is 0. The molecule has 10 heavy (non-hydrogen) atoms. The maximum atomic E-state index is 5.45. The maximum absolute atomic E-state index is 5.45. The molecule has 0 radical (unpaired) electrons. The minimum Gasteiger partial charge on any atom is -0.379 e. The van der Waals surface area contributed by atoms with E-state index in [0.717, 1.165) is 39.3 Å². The molecule has 2 aliphatic heterocycles. The molecule has 0 aromatic rings. The van der Waals surface area contributed by atoms with Crippen molar-refractivity contribution in [1.82, 2.24) is 10.6 Å². The quantitative estimate of drug-likeness (QED) is 0.471. The molecule has 2 N–H and O–H groups in total. The second kappa shape index (κ2) is 2.49. The van der Waals surface area contributed by atoms with E-state index in [-0.39, 0.29) is 0 Å². The molecular formula is C7H14N2O. The molecular weight excluding hydrogens is 128 g/mol. The van der Waals surface area contributed by atoms with Crippen molar-refractivity contribution < 1.29 is 4.74 Å². The van der Waals surface area contributed by atoms with Gasteiger partial charge in [0.15, 0.2) is 0 Å². The lowest BCUT2D eigenvalue weighted by atomic mass is 9.94. The van der Waals surface area contributed by atoms with Gasteiger partial charge in [0.05, 0.1) is 12.1 Å². The van der Waals surface area contributed by atoms with Crippen molar-refractivity contribution in [2.45, 2.75) is 12.0 Å². The van der Waals surface area contributed by atoms with Crippen molar-refractivity contribution in [3.05, 3.63) is 0 Å². The van der Waals surface area contributed by atoms with Gasteiger partial charge in [-0.3, -0.25) is 0 Å². The summed E-state index contributed by atoms with van der Waals surface area (Å²) in [6.45, 7) is 5.08. The van der Waals surface area contributed by atoms with Gasteiger partial charge in [0.25, 0.3) is 0 Å². The SMILES string of the molecule is C1CNC2(CNC2)COC1. The van der Waals surface area contributed by atoms with Gasteiger partial charge in [-0.05, 0) is 13.0 Å². The first-order valence-corrected chi connectivity index (χ1v) is 3.95. The summed E-state index contributed by atoms with van der Waals surface area (Å²) >= 11 is 0. The van der Waals surface area contributed by atoms with Crippen LogP contribution in [0.4, 0.5) is 0 Å². The lowest BCUT2D eigenvalue weighted by Gasteiger charge is -2.41. The van der Waals surface area contributed by atoms with Crippen LogP contribution < -0.4 is 10.6 Å². The molecule has 0 atom stereocenters. The van der Waals surface area contributed by atoms with Crippen LogP contribution >= 0.6 is 0 Å². The third-order valence-electron chi connectivity index (χ3n) is 2.27. The standard InChI is InChI=1S/C7H14N2O/c1-2-9-7(4-8-5-7)6-10-3-1/h8-9H,1-6H2. The largest absolute Gasteiger partial charge is 0.379 e. The van der Waals surface area contributed by atoms with Crippen LogP contribution in [0.2, 0.25) is 0 Å². The first kappa shape index (κ1) is 6.58. The van der Waals surface area contributed by atoms with E-state index in [0.29, 0.717) is 5.54 Å². The molecule has 2 aliphatic rings. The Morgan fingerprint density at radius 1 is 1.30 bits per heavy atom. The topological polar surface area (TPSA) is 33.3 Å². The summed E-state index contributed by atoms with van der Waals surface area (Å²) in [5.41, 5.74) is 0.302. The van der Waals surface area contributed by atoms with E-state index in [1.165, 1.54) is 0 Å². The summed E-state index contributed by atoms with van der Waals surface area (Å²) in [7, 11) is 0. The van der Waals surface area contributed by atoms with E-state index in [1.807, 2.05) is 0 Å². The second-order valence-electron chi connectivity index (χ2n) is 3.22. The summed E-state index contributed by atoms with van der Waals surface area (Å²) in [5.74, 6) is 0. The fraction of sp³-hybridized carbons (Fsp3) is 1.00. The van der Waals surface area contributed by atoms with Gasteiger partial charge in [-0.25, -0.2) is 0 Å². The predicted molar refractivity (Wildman–Crippen MR) is 39.0 cm³/mol. The summed E-state index contributed by atoms with van der Waals surface area (Å²) in [5, 5.41) is 6.76. The lowest BCUT2D eigenvalue weighted by molar-refractivity contribution is 0.0648. The zero-order valence-corrected chi connectivity index (χ0v) is 6.15. The van der Waals surface area contributed by atoms with Gasteiger partial charge in [-0.15, -0.1) is 0 Å². The smallest absolute Gasteiger partial charge is 0.0673 e. The highest BCUT2D eigenvalue weighted by atomic mass is 16.5. The first-order valence-electron chi connectivity index (χ1n) is 3.95. The van der Waals surface area contributed by atoms with Crippen molar-refractivity contribution >= 4 is 0 Å². The van der Waals surface area contributed by atoms with Crippen LogP contribution in [0.5, 0.6) is 0 Å². The van der Waals surface area contributed by atoms with Gasteiger partial charge in [0, 0.05) is 19.7 Å². The Labute approximate surface area is 61.1 Å². The molecule has 0 aromatic heterocycles. The number of ether oxygens (including phenoxy) is 1. The van der Waals surface area contributed by atoms with E-state index in [4.69, 9.17) is 4.74 Å². The highest BCUT2D eigenvalue weighted by molar-refractivity contribution is 5.01. The van der Waals surface area contributed by atoms with Crippen LogP contribution in [0.25, 0.3) is 0 Å². The Morgan fingerprint density at radius 2 is 2.20 bits per heavy atom. The molecule has 0 bridgehead atoms. The number of rotatable bonds is 0. The normalized spacial score (nSPS) is 31.2. The Hall–Kier alpha value is -0.120. The lowest BCUT2D eigenvalue weighted by Crippen LogP contribution is -2.69. The Balaban J connectivity index is 1.92. The molecule has 2 rings (SSSR count). The minimum absolute atomic E-state index is 0.302. The summed E-state index contributed by atoms with van der Waals surface area (Å²) < 4.78 is 5.45. The van der Waals surface area contributed by atoms with Crippen molar-refractivity contribution in [2.24, 2.45) is 0 Å². The van der Waals surface area contributed by atoms with Crippen molar-refractivity contribution in [3.8, 4) is 0 Å². The molecule has 0 amide bonds. The average Bonchev–Trinajstić information content (AvgIpc) is 2.08. The van der Waals surface area contributed by atoms with Crippen LogP contribution in [-0.4, -0.2) is 38.4 Å². The third kappa shape index (κ3) is 1.05. The van der Waals surface area contributed by atoms with Crippen LogP contribution in [0, 0.1) is 0 Å². The van der Waals surface area contributed by atoms with Gasteiger partial charge < -0.3 is 15.4 Å². The maximum Gasteiger partial charge on any atom is 0.0673 e. The van der Waals surface area contributed by atoms with Crippen LogP contribution in [0.3, 0.4) is 0 Å². The van der Waals surface area contributed by atoms with E-state index in [9.17, 15) is 0 Å². The van der Waals surface area contributed by atoms with Gasteiger partial charge in [-0.1, -0.05) is 0 Å². The van der Waals surface area contributed by atoms with E-state index in [1.54, 1.807) is 0 Å². The van der Waals surface area contributed by atoms with Gasteiger partial charge >= 0.3 is 0 Å². The van der Waals surface area contributed by atoms with Gasteiger partial charge in [-0.2, -0.15) is 0 Å². The molecule has 0 saturated carbocycles. The molecule has 3 nitrogen and oxygen atoms in total. The molecule has 0 aliphatic carbocycles. The van der Waals surface area contributed by atoms with Crippen LogP contribution in [0.1, 0.15) is 6.42 Å². The van der Waals surface area contributed by atoms with Crippen LogP contribution in [0.15, 0.2) is 0 Å². The van der Waals surface area contributed by atoms with E-state index >= 15 is 0 Å². The van der Waals surface area contributed by atoms with Gasteiger partial charge in [0.2, 0.25) is 0 Å². The van der Waals surface area contributed by atoms with Crippen LogP contribution in [-0.2, 0) is 4.74 Å². The Morgan fingerprint density at radius 3 is 2.90 bits per heavy atom. The zero-order valence-electron chi connectivity index (χ0n) is 6.15. The number of hydrogen-bond donors (Lipinski definition) is 2. The highest BCUT2D eigenvalue weighted by Gasteiger charge is 2.37. The molecule has 0 aromatic carbocycles. The molecule has 3 heteroatoms. The zero-order chi connectivity index (χ0) is 6.86. The summed E-state index contributed by atoms with van der Waals surface area (Å²) in [6, 6.07) is 0. The average molecular weight is 142 g/mol. The van der Waals surface area contributed by atoms with E-state index < -0.39 is 0 Å². The van der Waals surface area contributed by atoms with Gasteiger partial charge in [0.1, 0.15) is 0 Å².